The van der Waals surface area contributed by atoms with Crippen LogP contribution in [0.4, 0.5) is 18.9 Å². The molecule has 2 heterocycles. The number of aryl methyl sites for hydroxylation is 2. The predicted molar refractivity (Wildman–Crippen MR) is 125 cm³/mol. The molecule has 2 fully saturated rings. The van der Waals surface area contributed by atoms with Gasteiger partial charge in [-0.05, 0) is 41.7 Å². The Bertz CT molecular complexity index is 1270. The summed E-state index contributed by atoms with van der Waals surface area (Å²) in [6.07, 6.45) is -4.87. The number of carbonyl (C=O) groups excluding carboxylic acids is 2. The van der Waals surface area contributed by atoms with Crippen LogP contribution in [0.25, 0.3) is 0 Å². The van der Waals surface area contributed by atoms with E-state index in [1.165, 1.54) is 6.07 Å². The lowest BCUT2D eigenvalue weighted by molar-refractivity contribution is -0.154. The van der Waals surface area contributed by atoms with Crippen LogP contribution < -0.4 is 10.2 Å². The molecule has 37 heavy (non-hydrogen) atoms. The van der Waals surface area contributed by atoms with Crippen LogP contribution in [0.15, 0.2) is 42.5 Å². The monoisotopic (exact) mass is 518 g/mol. The number of halogens is 3. The predicted octanol–water partition coefficient (Wildman–Crippen LogP) is 3.58. The zero-order valence-corrected chi connectivity index (χ0v) is 20.0. The lowest BCUT2D eigenvalue weighted by atomic mass is 9.77. The third kappa shape index (κ3) is 4.16. The van der Waals surface area contributed by atoms with Crippen molar-refractivity contribution >= 4 is 29.4 Å². The minimum atomic E-state index is -4.71. The molecule has 0 aromatic heterocycles. The van der Waals surface area contributed by atoms with Gasteiger partial charge in [0.15, 0.2) is 0 Å². The van der Waals surface area contributed by atoms with E-state index in [9.17, 15) is 42.6 Å². The first-order chi connectivity index (χ1) is 17.4. The number of para-hydroxylation sites is 1. The molecule has 4 rings (SSSR count). The number of rotatable bonds is 7. The molecule has 2 saturated heterocycles. The first kappa shape index (κ1) is 26.3. The van der Waals surface area contributed by atoms with Crippen LogP contribution in [-0.4, -0.2) is 39.5 Å². The fraction of sp³-hybridized carbons (Fsp3) is 0.385. The summed E-state index contributed by atoms with van der Waals surface area (Å²) in [4.78, 5) is 53.0. The van der Waals surface area contributed by atoms with Crippen molar-refractivity contribution in [3.8, 4) is 0 Å². The van der Waals surface area contributed by atoms with Crippen molar-refractivity contribution in [3.63, 3.8) is 0 Å². The number of hydrogen-bond donors (Lipinski definition) is 3. The molecule has 4 unspecified atom stereocenters. The molecule has 196 valence electrons. The number of nitrogens with one attached hydrogen (secondary N) is 1. The highest BCUT2D eigenvalue weighted by Gasteiger charge is 2.69. The van der Waals surface area contributed by atoms with Crippen molar-refractivity contribution in [3.05, 3.63) is 64.7 Å². The molecular weight excluding hydrogens is 493 g/mol. The molecule has 0 bridgehead atoms. The molecule has 2 amide bonds. The van der Waals surface area contributed by atoms with E-state index in [1.807, 2.05) is 13.8 Å². The van der Waals surface area contributed by atoms with Crippen molar-refractivity contribution in [2.45, 2.75) is 50.9 Å². The summed E-state index contributed by atoms with van der Waals surface area (Å²) in [5.74, 6) is -7.98. The number of carboxylic acids is 2. The molecule has 0 saturated carbocycles. The Labute approximate surface area is 210 Å². The van der Waals surface area contributed by atoms with Gasteiger partial charge < -0.3 is 10.2 Å². The average molecular weight is 518 g/mol. The highest BCUT2D eigenvalue weighted by molar-refractivity contribution is 6.25. The Kier molecular flexibility index (Phi) is 6.61. The number of nitrogens with zero attached hydrogens (tertiary/aromatic N) is 1. The number of amides is 2. The molecule has 8 nitrogen and oxygen atoms in total. The molecule has 4 atom stereocenters. The average Bonchev–Trinajstić information content (AvgIpc) is 3.31. The van der Waals surface area contributed by atoms with Crippen LogP contribution in [0.3, 0.4) is 0 Å². The van der Waals surface area contributed by atoms with Crippen molar-refractivity contribution < 1.29 is 42.6 Å². The maximum atomic E-state index is 13.9. The fourth-order valence-corrected chi connectivity index (χ4v) is 5.59. The SMILES string of the molecule is CCc1cccc(CC)c1N1C(=O)C2C(c3cccc(C(F)(F)F)c3)NC(CC(=O)O)(C(=O)O)C2C1=O. The summed E-state index contributed by atoms with van der Waals surface area (Å²) in [6, 6.07) is 7.91. The van der Waals surface area contributed by atoms with Crippen molar-refractivity contribution in [2.24, 2.45) is 11.8 Å². The number of benzene rings is 2. The molecule has 2 aliphatic rings. The number of hydrogen-bond acceptors (Lipinski definition) is 5. The smallest absolute Gasteiger partial charge is 0.416 e. The second kappa shape index (κ2) is 9.29. The standard InChI is InChI=1S/C26H25F3N2O6/c1-3-13-7-5-8-14(4-2)21(13)31-22(34)18-19(23(31)35)25(24(36)37,12-17(32)33)30-20(18)15-9-6-10-16(11-15)26(27,28)29/h5-11,18-20,30H,3-4,12H2,1-2H3,(H,32,33)(H,36,37). The Balaban J connectivity index is 1.94. The largest absolute Gasteiger partial charge is 0.481 e. The summed E-state index contributed by atoms with van der Waals surface area (Å²) in [5, 5.41) is 22.3. The van der Waals surface area contributed by atoms with Gasteiger partial charge in [-0.1, -0.05) is 44.2 Å². The topological polar surface area (TPSA) is 124 Å². The van der Waals surface area contributed by atoms with Crippen LogP contribution in [0.5, 0.6) is 0 Å². The highest BCUT2D eigenvalue weighted by atomic mass is 19.4. The van der Waals surface area contributed by atoms with E-state index in [0.717, 1.165) is 23.1 Å². The Morgan fingerprint density at radius 2 is 1.59 bits per heavy atom. The number of imide groups is 1. The van der Waals surface area contributed by atoms with Gasteiger partial charge in [0.2, 0.25) is 11.8 Å². The van der Waals surface area contributed by atoms with Crippen LogP contribution in [0.1, 0.15) is 48.6 Å². The molecule has 0 radical (unpaired) electrons. The first-order valence-corrected chi connectivity index (χ1v) is 11.8. The van der Waals surface area contributed by atoms with Gasteiger partial charge in [-0.25, -0.2) is 4.90 Å². The third-order valence-corrected chi connectivity index (χ3v) is 7.23. The third-order valence-electron chi connectivity index (χ3n) is 7.23. The number of aliphatic carboxylic acids is 2. The Morgan fingerprint density at radius 1 is 1.00 bits per heavy atom. The summed E-state index contributed by atoms with van der Waals surface area (Å²) in [5.41, 5.74) is -1.87. The van der Waals surface area contributed by atoms with E-state index in [1.54, 1.807) is 18.2 Å². The van der Waals surface area contributed by atoms with Gasteiger partial charge in [-0.2, -0.15) is 13.2 Å². The van der Waals surface area contributed by atoms with Gasteiger partial charge in [0.1, 0.15) is 5.54 Å². The Morgan fingerprint density at radius 3 is 2.11 bits per heavy atom. The molecular formula is C26H25F3N2O6. The zero-order chi connectivity index (χ0) is 27.3. The molecule has 2 aromatic carbocycles. The van der Waals surface area contributed by atoms with E-state index in [-0.39, 0.29) is 5.56 Å². The number of fused-ring (bicyclic) bond motifs is 1. The fourth-order valence-electron chi connectivity index (χ4n) is 5.59. The van der Waals surface area contributed by atoms with E-state index in [2.05, 4.69) is 5.32 Å². The number of carbonyl (C=O) groups is 4. The van der Waals surface area contributed by atoms with Gasteiger partial charge in [0.25, 0.3) is 0 Å². The summed E-state index contributed by atoms with van der Waals surface area (Å²) < 4.78 is 40.3. The van der Waals surface area contributed by atoms with E-state index < -0.39 is 65.3 Å². The first-order valence-electron chi connectivity index (χ1n) is 11.8. The summed E-state index contributed by atoms with van der Waals surface area (Å²) in [6.45, 7) is 3.65. The van der Waals surface area contributed by atoms with Gasteiger partial charge in [0, 0.05) is 6.04 Å². The molecule has 2 aromatic rings. The number of anilines is 1. The highest BCUT2D eigenvalue weighted by Crippen LogP contribution is 2.52. The molecule has 0 spiro atoms. The minimum absolute atomic E-state index is 0.0687. The quantitative estimate of drug-likeness (QED) is 0.479. The molecule has 0 aliphatic carbocycles. The van der Waals surface area contributed by atoms with Crippen LogP contribution in [0.2, 0.25) is 0 Å². The van der Waals surface area contributed by atoms with Crippen LogP contribution in [0, 0.1) is 11.8 Å². The lowest BCUT2D eigenvalue weighted by Crippen LogP contribution is -2.57. The van der Waals surface area contributed by atoms with Crippen molar-refractivity contribution in [1.29, 1.82) is 0 Å². The van der Waals surface area contributed by atoms with E-state index in [4.69, 9.17) is 0 Å². The molecule has 3 N–H and O–H groups in total. The minimum Gasteiger partial charge on any atom is -0.481 e. The van der Waals surface area contributed by atoms with Gasteiger partial charge in [-0.3, -0.25) is 24.5 Å². The summed E-state index contributed by atoms with van der Waals surface area (Å²) >= 11 is 0. The second-order valence-corrected chi connectivity index (χ2v) is 9.24. The Hall–Kier alpha value is -3.73. The van der Waals surface area contributed by atoms with Crippen LogP contribution in [-0.2, 0) is 38.2 Å². The zero-order valence-electron chi connectivity index (χ0n) is 20.0. The van der Waals surface area contributed by atoms with Crippen molar-refractivity contribution in [1.82, 2.24) is 5.32 Å². The normalized spacial score (nSPS) is 25.4. The number of alkyl halides is 3. The molecule has 2 aliphatic heterocycles. The summed E-state index contributed by atoms with van der Waals surface area (Å²) in [7, 11) is 0. The molecule has 11 heteroatoms. The second-order valence-electron chi connectivity index (χ2n) is 9.24. The lowest BCUT2D eigenvalue weighted by Gasteiger charge is -2.30. The maximum Gasteiger partial charge on any atom is 0.416 e. The van der Waals surface area contributed by atoms with E-state index >= 15 is 0 Å². The van der Waals surface area contributed by atoms with Crippen molar-refractivity contribution in [2.75, 3.05) is 4.90 Å². The number of carboxylic acid groups (broad SMARTS) is 2. The van der Waals surface area contributed by atoms with Gasteiger partial charge in [-0.15, -0.1) is 0 Å². The van der Waals surface area contributed by atoms with Gasteiger partial charge in [0.05, 0.1) is 29.5 Å². The van der Waals surface area contributed by atoms with Crippen LogP contribution >= 0.6 is 0 Å². The maximum absolute atomic E-state index is 13.9. The van der Waals surface area contributed by atoms with E-state index in [0.29, 0.717) is 29.7 Å². The van der Waals surface area contributed by atoms with Gasteiger partial charge >= 0.3 is 18.1 Å².